The molecule has 2 atom stereocenters. The number of carboxylic acid groups (broad SMARTS) is 1. The molecule has 0 aliphatic heterocycles. The lowest BCUT2D eigenvalue weighted by atomic mass is 10.1. The number of hydrogen-bond donors (Lipinski definition) is 1. The van der Waals surface area contributed by atoms with E-state index in [4.69, 9.17) is 9.84 Å². The highest BCUT2D eigenvalue weighted by Gasteiger charge is 2.19. The fourth-order valence-corrected chi connectivity index (χ4v) is 0.744. The van der Waals surface area contributed by atoms with Gasteiger partial charge in [0, 0.05) is 0 Å². The van der Waals surface area contributed by atoms with Crippen LogP contribution in [0.15, 0.2) is 0 Å². The first-order valence-corrected chi connectivity index (χ1v) is 6.50. The highest BCUT2D eigenvalue weighted by Crippen LogP contribution is 2.12. The van der Waals surface area contributed by atoms with Crippen LogP contribution in [0.3, 0.4) is 0 Å². The Morgan fingerprint density at radius 2 is 1.27 bits per heavy atom. The fourth-order valence-electron chi connectivity index (χ4n) is 0.744. The lowest BCUT2D eigenvalue weighted by Gasteiger charge is -2.21. The monoisotopic (exact) mass is 326 g/mol. The van der Waals surface area contributed by atoms with Crippen molar-refractivity contribution >= 4 is 11.9 Å². The van der Waals surface area contributed by atoms with E-state index in [9.17, 15) is 9.59 Å². The van der Waals surface area contributed by atoms with Gasteiger partial charge in [0.2, 0.25) is 0 Å². The minimum absolute atomic E-state index is 0. The second-order valence-electron chi connectivity index (χ2n) is 5.49. The third kappa shape index (κ3) is 24.0. The van der Waals surface area contributed by atoms with Crippen LogP contribution < -0.4 is 0 Å². The highest BCUT2D eigenvalue weighted by atomic mass is 16.6. The van der Waals surface area contributed by atoms with Gasteiger partial charge in [-0.25, -0.2) is 0 Å². The van der Waals surface area contributed by atoms with Crippen molar-refractivity contribution in [2.75, 3.05) is 0 Å². The van der Waals surface area contributed by atoms with Gasteiger partial charge in [0.1, 0.15) is 5.60 Å². The van der Waals surface area contributed by atoms with E-state index in [1.165, 1.54) is 0 Å². The molecule has 0 rings (SSSR count). The van der Waals surface area contributed by atoms with Crippen LogP contribution in [0.2, 0.25) is 0 Å². The van der Waals surface area contributed by atoms with Gasteiger partial charge in [0.15, 0.2) is 0 Å². The van der Waals surface area contributed by atoms with Gasteiger partial charge in [0.05, 0.1) is 11.8 Å². The van der Waals surface area contributed by atoms with Gasteiger partial charge < -0.3 is 9.84 Å². The maximum absolute atomic E-state index is 11.2. The van der Waals surface area contributed by atoms with Crippen LogP contribution in [-0.2, 0) is 14.3 Å². The first kappa shape index (κ1) is 37.3. The smallest absolute Gasteiger partial charge is 0.481 e. The average molecular weight is 327 g/mol. The van der Waals surface area contributed by atoms with Crippen LogP contribution in [0.5, 0.6) is 0 Å². The van der Waals surface area contributed by atoms with Crippen LogP contribution in [0, 0.1) is 11.8 Å². The average Bonchev–Trinajstić information content (AvgIpc) is 2.25. The van der Waals surface area contributed by atoms with Crippen molar-refractivity contribution in [1.29, 1.82) is 0 Å². The fraction of sp³-hybridized carbons (Fsp3) is 0.889. The molecule has 0 saturated carbocycles. The minimum Gasteiger partial charge on any atom is -0.481 e. The number of esters is 1. The van der Waals surface area contributed by atoms with E-state index in [2.05, 4.69) is 0 Å². The first-order valence-electron chi connectivity index (χ1n) is 6.50. The van der Waals surface area contributed by atoms with Crippen molar-refractivity contribution in [3.8, 4) is 0 Å². The van der Waals surface area contributed by atoms with Crippen LogP contribution in [-0.4, -0.2) is 22.6 Å². The number of carboxylic acids is 1. The van der Waals surface area contributed by atoms with Crippen molar-refractivity contribution in [3.63, 3.8) is 0 Å². The van der Waals surface area contributed by atoms with E-state index in [1.54, 1.807) is 6.92 Å². The zero-order chi connectivity index (χ0) is 14.9. The number of hydrogen-bond acceptors (Lipinski definition) is 3. The van der Waals surface area contributed by atoms with E-state index in [-0.39, 0.29) is 56.0 Å². The molecule has 0 aromatic heterocycles. The van der Waals surface area contributed by atoms with Crippen LogP contribution in [0.25, 0.3) is 0 Å². The van der Waals surface area contributed by atoms with Gasteiger partial charge in [-0.15, -0.1) is 0 Å². The van der Waals surface area contributed by atoms with Crippen LogP contribution >= 0.6 is 0 Å². The second kappa shape index (κ2) is 18.0. The topological polar surface area (TPSA) is 63.6 Å². The van der Waals surface area contributed by atoms with Gasteiger partial charge in [-0.1, -0.05) is 57.4 Å². The highest BCUT2D eigenvalue weighted by molar-refractivity contribution is 5.72. The predicted molar refractivity (Wildman–Crippen MR) is 102 cm³/mol. The summed E-state index contributed by atoms with van der Waals surface area (Å²) in [6, 6.07) is 0. The summed E-state index contributed by atoms with van der Waals surface area (Å²) >= 11 is 0. The largest absolute Gasteiger partial charge is 1.00 e. The Labute approximate surface area is 143 Å². The molecular formula is C18H46O4+2. The summed E-state index contributed by atoms with van der Waals surface area (Å²) in [5, 5.41) is 8.18. The van der Waals surface area contributed by atoms with E-state index in [0.717, 1.165) is 12.8 Å². The molecule has 0 aliphatic rings. The first-order chi connectivity index (χ1) is 8.05. The Bertz CT molecular complexity index is 264. The quantitative estimate of drug-likeness (QED) is 0.619. The summed E-state index contributed by atoms with van der Waals surface area (Å²) in [4.78, 5) is 21.1. The van der Waals surface area contributed by atoms with E-state index in [1.807, 2.05) is 41.5 Å². The minimum atomic E-state index is -0.706. The van der Waals surface area contributed by atoms with E-state index < -0.39 is 5.97 Å². The third-order valence-electron chi connectivity index (χ3n) is 2.46. The van der Waals surface area contributed by atoms with Gasteiger partial charge >= 0.3 is 14.8 Å². The van der Waals surface area contributed by atoms with E-state index in [0.29, 0.717) is 0 Å². The summed E-state index contributed by atoms with van der Waals surface area (Å²) in [6.07, 6.45) is 1.56. The number of ether oxygens (including phenoxy) is 1. The molecule has 0 fully saturated rings. The van der Waals surface area contributed by atoms with Gasteiger partial charge in [0.25, 0.3) is 0 Å². The third-order valence-corrected chi connectivity index (χ3v) is 2.46. The molecule has 4 heteroatoms. The Kier molecular flexibility index (Phi) is 30.5. The molecule has 0 amide bonds. The number of carbonyl (C=O) groups is 2. The van der Waals surface area contributed by atoms with Crippen molar-refractivity contribution < 1.29 is 22.3 Å². The molecule has 0 spiro atoms. The summed E-state index contributed by atoms with van der Waals surface area (Å²) in [6.45, 7) is 13.1. The van der Waals surface area contributed by atoms with Crippen molar-refractivity contribution in [3.05, 3.63) is 0 Å². The molecule has 0 saturated heterocycles. The van der Waals surface area contributed by atoms with Gasteiger partial charge in [-0.2, -0.15) is 0 Å². The molecule has 0 bridgehead atoms. The van der Waals surface area contributed by atoms with Gasteiger partial charge in [-0.3, -0.25) is 9.59 Å². The molecule has 0 radical (unpaired) electrons. The maximum Gasteiger partial charge on any atom is 1.00 e. The Balaban J connectivity index is -0.0000000299. The van der Waals surface area contributed by atoms with Crippen LogP contribution in [0.1, 0.15) is 93.9 Å². The lowest BCUT2D eigenvalue weighted by Crippen LogP contribution is -2.27. The zero-order valence-electron chi connectivity index (χ0n) is 14.7. The van der Waals surface area contributed by atoms with Gasteiger partial charge in [-0.05, 0) is 33.6 Å². The summed E-state index contributed by atoms with van der Waals surface area (Å²) < 4.78 is 5.15. The maximum atomic E-state index is 11.2. The molecular weight excluding hydrogens is 280 g/mol. The molecule has 0 aromatic rings. The number of aliphatic carboxylic acids is 1. The molecule has 0 heterocycles. The van der Waals surface area contributed by atoms with Crippen LogP contribution in [0.4, 0.5) is 0 Å². The number of rotatable bonds is 4. The zero-order valence-corrected chi connectivity index (χ0v) is 12.7. The molecule has 140 valence electrons. The molecule has 0 aromatic carbocycles. The van der Waals surface area contributed by atoms with Crippen molar-refractivity contribution in [2.45, 2.75) is 96.6 Å². The number of carbonyl (C=O) groups excluding carboxylic acids is 1. The summed E-state index contributed by atoms with van der Waals surface area (Å²) in [5.74, 6) is -0.961. The Morgan fingerprint density at radius 3 is 1.41 bits per heavy atom. The lowest BCUT2D eigenvalue weighted by molar-refractivity contribution is -0.159. The second-order valence-corrected chi connectivity index (χ2v) is 5.49. The van der Waals surface area contributed by atoms with Crippen molar-refractivity contribution in [1.82, 2.24) is 0 Å². The molecule has 4 nitrogen and oxygen atoms in total. The molecule has 0 aliphatic carbocycles. The standard InChI is InChI=1S/C9H18O2.C5H10O2.4CH4/c1-6-7(2)8(10)11-9(3,4)5;1-3-4(2)5(6)7;;;;/h7H,6H2,1-5H3;4H,3H2,1-2H3,(H,6,7);4*1H4/p+2. The summed E-state index contributed by atoms with van der Waals surface area (Å²) in [7, 11) is 0. The predicted octanol–water partition coefficient (Wildman–Crippen LogP) is 6.26. The summed E-state index contributed by atoms with van der Waals surface area (Å²) in [5.41, 5.74) is -0.347. The SMILES string of the molecule is C.C.C.C.CCC(C)C(=O)O.CCC(C)C(=O)OC(C)(C)C.[H+].[H+]. The Morgan fingerprint density at radius 1 is 0.955 bits per heavy atom. The van der Waals surface area contributed by atoms with Crippen molar-refractivity contribution in [2.24, 2.45) is 11.8 Å². The molecule has 2 unspecified atom stereocenters. The normalized spacial score (nSPS) is 11.4. The molecule has 22 heavy (non-hydrogen) atoms. The van der Waals surface area contributed by atoms with E-state index >= 15 is 0 Å². The molecule has 1 N–H and O–H groups in total. The Hall–Kier alpha value is -1.06.